The molecule has 7 nitrogen and oxygen atoms in total. The van der Waals surface area contributed by atoms with Crippen LogP contribution in [-0.4, -0.2) is 50.8 Å². The molecule has 38 heavy (non-hydrogen) atoms. The lowest BCUT2D eigenvalue weighted by molar-refractivity contribution is -0.138. The van der Waals surface area contributed by atoms with E-state index in [1.165, 1.54) is 17.0 Å². The van der Waals surface area contributed by atoms with Crippen LogP contribution in [0.4, 0.5) is 5.69 Å². The van der Waals surface area contributed by atoms with E-state index in [9.17, 15) is 18.0 Å². The molecule has 0 aliphatic carbocycles. The third kappa shape index (κ3) is 7.58. The van der Waals surface area contributed by atoms with Crippen molar-refractivity contribution in [2.75, 3.05) is 23.9 Å². The van der Waals surface area contributed by atoms with Crippen molar-refractivity contribution in [3.8, 4) is 0 Å². The van der Waals surface area contributed by atoms with E-state index in [1.54, 1.807) is 49.4 Å². The molecule has 0 aromatic heterocycles. The number of nitrogens with one attached hydrogen (secondary N) is 1. The van der Waals surface area contributed by atoms with Gasteiger partial charge in [0, 0.05) is 13.1 Å². The van der Waals surface area contributed by atoms with Gasteiger partial charge in [-0.3, -0.25) is 13.9 Å². The van der Waals surface area contributed by atoms with E-state index >= 15 is 0 Å². The van der Waals surface area contributed by atoms with Gasteiger partial charge in [-0.05, 0) is 49.6 Å². The van der Waals surface area contributed by atoms with Crippen LogP contribution in [0.25, 0.3) is 0 Å². The maximum atomic E-state index is 13.8. The van der Waals surface area contributed by atoms with Gasteiger partial charge in [0.2, 0.25) is 11.8 Å². The predicted octanol–water partition coefficient (Wildman–Crippen LogP) is 4.91. The molecule has 0 unspecified atom stereocenters. The highest BCUT2D eigenvalue weighted by Crippen LogP contribution is 2.30. The number of benzene rings is 3. The smallest absolute Gasteiger partial charge is 0.264 e. The summed E-state index contributed by atoms with van der Waals surface area (Å²) < 4.78 is 28.5. The Balaban J connectivity index is 1.94. The molecule has 0 saturated heterocycles. The lowest BCUT2D eigenvalue weighted by atomic mass is 10.1. The number of carbonyl (C=O) groups is 2. The molecule has 0 radical (unpaired) electrons. The van der Waals surface area contributed by atoms with Crippen LogP contribution in [-0.2, 0) is 26.0 Å². The summed E-state index contributed by atoms with van der Waals surface area (Å²) in [6, 6.07) is 23.2. The maximum absolute atomic E-state index is 13.8. The average Bonchev–Trinajstić information content (AvgIpc) is 2.93. The van der Waals surface area contributed by atoms with Crippen LogP contribution >= 0.6 is 11.6 Å². The number of unbranched alkanes of at least 4 members (excludes halogenated alkanes) is 1. The van der Waals surface area contributed by atoms with Crippen LogP contribution in [0.3, 0.4) is 0 Å². The van der Waals surface area contributed by atoms with Gasteiger partial charge >= 0.3 is 0 Å². The summed E-state index contributed by atoms with van der Waals surface area (Å²) in [5.41, 5.74) is 1.19. The minimum absolute atomic E-state index is 0.0360. The number of anilines is 1. The average molecular weight is 556 g/mol. The topological polar surface area (TPSA) is 86.8 Å². The van der Waals surface area contributed by atoms with Crippen LogP contribution in [0.15, 0.2) is 89.8 Å². The van der Waals surface area contributed by atoms with Crippen molar-refractivity contribution in [1.29, 1.82) is 0 Å². The van der Waals surface area contributed by atoms with E-state index in [0.29, 0.717) is 13.0 Å². The fourth-order valence-corrected chi connectivity index (χ4v) is 5.74. The lowest BCUT2D eigenvalue weighted by Gasteiger charge is -2.32. The standard InChI is InChI=1S/C29H34ClN3O4S/c1-3-4-20-31-29(35)23(2)32(21-19-24-13-7-5-8-14-24)28(34)22-33(27-18-12-11-17-26(27)30)38(36,37)25-15-9-6-10-16-25/h5-18,23H,3-4,19-22H2,1-2H3,(H,31,35)/t23-/m0/s1. The second-order valence-corrected chi connectivity index (χ2v) is 11.2. The summed E-state index contributed by atoms with van der Waals surface area (Å²) in [5, 5.41) is 3.08. The Morgan fingerprint density at radius 2 is 1.53 bits per heavy atom. The first-order chi connectivity index (χ1) is 18.3. The molecule has 0 saturated carbocycles. The van der Waals surface area contributed by atoms with Crippen molar-refractivity contribution in [3.63, 3.8) is 0 Å². The zero-order valence-corrected chi connectivity index (χ0v) is 23.3. The number of para-hydroxylation sites is 1. The molecule has 0 fully saturated rings. The highest BCUT2D eigenvalue weighted by atomic mass is 35.5. The first-order valence-electron chi connectivity index (χ1n) is 12.7. The van der Waals surface area contributed by atoms with Gasteiger partial charge in [-0.15, -0.1) is 0 Å². The molecular formula is C29H34ClN3O4S. The zero-order chi connectivity index (χ0) is 27.5. The second-order valence-electron chi connectivity index (χ2n) is 8.92. The fourth-order valence-electron chi connectivity index (χ4n) is 3.99. The third-order valence-electron chi connectivity index (χ3n) is 6.21. The Labute approximate surface area is 230 Å². The van der Waals surface area contributed by atoms with Gasteiger partial charge in [0.15, 0.2) is 0 Å². The number of hydrogen-bond donors (Lipinski definition) is 1. The summed E-state index contributed by atoms with van der Waals surface area (Å²) in [5.74, 6) is -0.784. The number of halogens is 1. The first-order valence-corrected chi connectivity index (χ1v) is 14.5. The molecule has 0 bridgehead atoms. The first kappa shape index (κ1) is 29.2. The number of amides is 2. The molecule has 0 heterocycles. The Hall–Kier alpha value is -3.36. The van der Waals surface area contributed by atoms with Crippen molar-refractivity contribution in [2.45, 2.75) is 44.0 Å². The minimum Gasteiger partial charge on any atom is -0.354 e. The van der Waals surface area contributed by atoms with Gasteiger partial charge < -0.3 is 10.2 Å². The van der Waals surface area contributed by atoms with Gasteiger partial charge in [0.05, 0.1) is 15.6 Å². The van der Waals surface area contributed by atoms with Crippen molar-refractivity contribution in [3.05, 3.63) is 95.5 Å². The molecule has 3 aromatic carbocycles. The summed E-state index contributed by atoms with van der Waals surface area (Å²) >= 11 is 6.41. The number of sulfonamides is 1. The number of nitrogens with zero attached hydrogens (tertiary/aromatic N) is 2. The predicted molar refractivity (Wildman–Crippen MR) is 152 cm³/mol. The molecule has 3 aromatic rings. The SMILES string of the molecule is CCCCNC(=O)[C@H](C)N(CCc1ccccc1)C(=O)CN(c1ccccc1Cl)S(=O)(=O)c1ccccc1. The number of rotatable bonds is 13. The number of carbonyl (C=O) groups excluding carboxylic acids is 2. The highest BCUT2D eigenvalue weighted by molar-refractivity contribution is 7.92. The molecule has 0 aliphatic rings. The molecule has 202 valence electrons. The van der Waals surface area contributed by atoms with Gasteiger partial charge in [-0.25, -0.2) is 8.42 Å². The van der Waals surface area contributed by atoms with Crippen LogP contribution in [0.5, 0.6) is 0 Å². The van der Waals surface area contributed by atoms with Gasteiger partial charge in [-0.1, -0.05) is 85.6 Å². The monoisotopic (exact) mass is 555 g/mol. The van der Waals surface area contributed by atoms with Crippen LogP contribution in [0.2, 0.25) is 5.02 Å². The van der Waals surface area contributed by atoms with Crippen LogP contribution in [0.1, 0.15) is 32.3 Å². The van der Waals surface area contributed by atoms with Crippen molar-refractivity contribution in [1.82, 2.24) is 10.2 Å². The molecule has 0 spiro atoms. The molecular weight excluding hydrogens is 522 g/mol. The van der Waals surface area contributed by atoms with Crippen molar-refractivity contribution < 1.29 is 18.0 Å². The molecule has 9 heteroatoms. The Morgan fingerprint density at radius 3 is 2.16 bits per heavy atom. The molecule has 3 rings (SSSR count). The molecule has 0 aliphatic heterocycles. The lowest BCUT2D eigenvalue weighted by Crippen LogP contribution is -2.52. The summed E-state index contributed by atoms with van der Waals surface area (Å²) in [7, 11) is -4.13. The van der Waals surface area contributed by atoms with Crippen molar-refractivity contribution in [2.24, 2.45) is 0 Å². The maximum Gasteiger partial charge on any atom is 0.264 e. The van der Waals surface area contributed by atoms with Crippen molar-refractivity contribution >= 4 is 39.1 Å². The van der Waals surface area contributed by atoms with E-state index in [4.69, 9.17) is 11.6 Å². The van der Waals surface area contributed by atoms with Crippen LogP contribution < -0.4 is 9.62 Å². The quantitative estimate of drug-likeness (QED) is 0.304. The van der Waals surface area contributed by atoms with Gasteiger partial charge in [0.25, 0.3) is 10.0 Å². The number of hydrogen-bond acceptors (Lipinski definition) is 4. The molecule has 2 amide bonds. The molecule has 1 N–H and O–H groups in total. The Morgan fingerprint density at radius 1 is 0.921 bits per heavy atom. The second kappa shape index (κ2) is 14.0. The Bertz CT molecular complexity index is 1300. The Kier molecular flexibility index (Phi) is 10.7. The van der Waals surface area contributed by atoms with Gasteiger partial charge in [0.1, 0.15) is 12.6 Å². The normalized spacial score (nSPS) is 12.0. The summed E-state index contributed by atoms with van der Waals surface area (Å²) in [6.07, 6.45) is 2.26. The van der Waals surface area contributed by atoms with E-state index in [1.807, 2.05) is 37.3 Å². The van der Waals surface area contributed by atoms with E-state index in [2.05, 4.69) is 5.32 Å². The fraction of sp³-hybridized carbons (Fsp3) is 0.310. The summed E-state index contributed by atoms with van der Waals surface area (Å²) in [4.78, 5) is 28.2. The summed E-state index contributed by atoms with van der Waals surface area (Å²) in [6.45, 7) is 3.93. The van der Waals surface area contributed by atoms with Gasteiger partial charge in [-0.2, -0.15) is 0 Å². The molecule has 1 atom stereocenters. The van der Waals surface area contributed by atoms with Crippen LogP contribution in [0, 0.1) is 0 Å². The van der Waals surface area contributed by atoms with E-state index in [0.717, 1.165) is 22.7 Å². The third-order valence-corrected chi connectivity index (χ3v) is 8.31. The zero-order valence-electron chi connectivity index (χ0n) is 21.7. The highest BCUT2D eigenvalue weighted by Gasteiger charge is 2.33. The minimum atomic E-state index is -4.13. The largest absolute Gasteiger partial charge is 0.354 e. The van der Waals surface area contributed by atoms with E-state index < -0.39 is 28.5 Å². The van der Waals surface area contributed by atoms with E-state index in [-0.39, 0.29) is 28.1 Å².